The first-order chi connectivity index (χ1) is 13.2. The van der Waals surface area contributed by atoms with Gasteiger partial charge in [-0.25, -0.2) is 4.98 Å². The monoisotopic (exact) mass is 495 g/mol. The van der Waals surface area contributed by atoms with Crippen molar-refractivity contribution in [1.82, 2.24) is 20.2 Å². The highest BCUT2D eigenvalue weighted by Crippen LogP contribution is 2.28. The lowest BCUT2D eigenvalue weighted by atomic mass is 10.0. The van der Waals surface area contributed by atoms with Gasteiger partial charge in [0.15, 0.2) is 5.96 Å². The van der Waals surface area contributed by atoms with E-state index in [9.17, 15) is 0 Å². The van der Waals surface area contributed by atoms with Gasteiger partial charge in [0, 0.05) is 39.1 Å². The van der Waals surface area contributed by atoms with Gasteiger partial charge in [-0.05, 0) is 36.8 Å². The number of hydrogen-bond donors (Lipinski definition) is 2. The molecule has 0 amide bonds. The van der Waals surface area contributed by atoms with E-state index in [1.165, 1.54) is 49.7 Å². The van der Waals surface area contributed by atoms with E-state index in [1.807, 2.05) is 26.4 Å². The Morgan fingerprint density at radius 2 is 2.00 bits per heavy atom. The molecular formula is C22H34IN5. The summed E-state index contributed by atoms with van der Waals surface area (Å²) in [5.41, 5.74) is 2.55. The summed E-state index contributed by atoms with van der Waals surface area (Å²) in [5.74, 6) is 2.89. The quantitative estimate of drug-likeness (QED) is 0.246. The number of nitrogens with one attached hydrogen (secondary N) is 2. The molecule has 0 saturated heterocycles. The number of halogens is 1. The summed E-state index contributed by atoms with van der Waals surface area (Å²) in [6, 6.07) is 8.69. The molecule has 28 heavy (non-hydrogen) atoms. The van der Waals surface area contributed by atoms with Gasteiger partial charge in [-0.15, -0.1) is 24.0 Å². The maximum atomic E-state index is 4.35. The van der Waals surface area contributed by atoms with Crippen molar-refractivity contribution >= 4 is 29.9 Å². The van der Waals surface area contributed by atoms with Crippen LogP contribution in [0.5, 0.6) is 0 Å². The summed E-state index contributed by atoms with van der Waals surface area (Å²) < 4.78 is 2.16. The second-order valence-electron chi connectivity index (χ2n) is 7.57. The number of aryl methyl sites for hydroxylation is 1. The van der Waals surface area contributed by atoms with Crippen LogP contribution in [-0.4, -0.2) is 29.1 Å². The number of benzene rings is 1. The third-order valence-corrected chi connectivity index (χ3v) is 5.51. The number of aromatic nitrogens is 2. The van der Waals surface area contributed by atoms with Gasteiger partial charge in [-0.1, -0.05) is 49.9 Å². The molecule has 1 heterocycles. The molecule has 1 aromatic carbocycles. The zero-order chi connectivity index (χ0) is 18.9. The highest BCUT2D eigenvalue weighted by molar-refractivity contribution is 14.0. The predicted molar refractivity (Wildman–Crippen MR) is 127 cm³/mol. The maximum absolute atomic E-state index is 4.35. The van der Waals surface area contributed by atoms with Gasteiger partial charge >= 0.3 is 0 Å². The maximum Gasteiger partial charge on any atom is 0.191 e. The molecule has 0 atom stereocenters. The lowest BCUT2D eigenvalue weighted by Gasteiger charge is -2.14. The summed E-state index contributed by atoms with van der Waals surface area (Å²) in [6.45, 7) is 4.66. The van der Waals surface area contributed by atoms with Crippen LogP contribution in [0.1, 0.15) is 55.5 Å². The van der Waals surface area contributed by atoms with Crippen molar-refractivity contribution in [3.8, 4) is 0 Å². The molecule has 2 N–H and O–H groups in total. The average Bonchev–Trinajstić information content (AvgIpc) is 3.34. The lowest BCUT2D eigenvalue weighted by molar-refractivity contribution is 0.481. The van der Waals surface area contributed by atoms with E-state index >= 15 is 0 Å². The number of nitrogens with zero attached hydrogens (tertiary/aromatic N) is 3. The molecule has 5 nitrogen and oxygen atoms in total. The minimum atomic E-state index is 0. The molecule has 1 aliphatic rings. The molecule has 154 valence electrons. The van der Waals surface area contributed by atoms with Gasteiger partial charge in [-0.3, -0.25) is 4.99 Å². The highest BCUT2D eigenvalue weighted by atomic mass is 127. The molecule has 3 rings (SSSR count). The molecule has 1 aromatic heterocycles. The lowest BCUT2D eigenvalue weighted by Crippen LogP contribution is -2.37. The first kappa shape index (κ1) is 22.7. The van der Waals surface area contributed by atoms with E-state index in [0.717, 1.165) is 37.3 Å². The average molecular weight is 495 g/mol. The number of aliphatic imine (C=N–C) groups is 1. The van der Waals surface area contributed by atoms with Crippen LogP contribution in [0.3, 0.4) is 0 Å². The van der Waals surface area contributed by atoms with E-state index < -0.39 is 0 Å². The minimum Gasteiger partial charge on any atom is -0.356 e. The Labute approximate surface area is 186 Å². The Bertz CT molecular complexity index is 734. The summed E-state index contributed by atoms with van der Waals surface area (Å²) in [4.78, 5) is 8.64. The van der Waals surface area contributed by atoms with Crippen molar-refractivity contribution in [2.45, 2.75) is 58.5 Å². The predicted octanol–water partition coefficient (Wildman–Crippen LogP) is 4.49. The van der Waals surface area contributed by atoms with Gasteiger partial charge in [0.2, 0.25) is 0 Å². The second kappa shape index (κ2) is 12.1. The van der Waals surface area contributed by atoms with Gasteiger partial charge in [0.05, 0.1) is 0 Å². The van der Waals surface area contributed by atoms with Crippen LogP contribution in [-0.2, 0) is 13.1 Å². The van der Waals surface area contributed by atoms with E-state index in [1.54, 1.807) is 0 Å². The van der Waals surface area contributed by atoms with Crippen molar-refractivity contribution in [3.63, 3.8) is 0 Å². The topological polar surface area (TPSA) is 54.2 Å². The van der Waals surface area contributed by atoms with Crippen molar-refractivity contribution in [2.75, 3.05) is 13.6 Å². The molecule has 0 spiro atoms. The first-order valence-corrected chi connectivity index (χ1v) is 10.2. The van der Waals surface area contributed by atoms with Crippen LogP contribution in [0, 0.1) is 12.8 Å². The summed E-state index contributed by atoms with van der Waals surface area (Å²) >= 11 is 0. The fourth-order valence-corrected chi connectivity index (χ4v) is 3.91. The second-order valence-corrected chi connectivity index (χ2v) is 7.57. The summed E-state index contributed by atoms with van der Waals surface area (Å²) in [7, 11) is 1.84. The molecule has 0 bridgehead atoms. The van der Waals surface area contributed by atoms with Crippen LogP contribution in [0.2, 0.25) is 0 Å². The Kier molecular flexibility index (Phi) is 9.81. The van der Waals surface area contributed by atoms with Gasteiger partial charge in [-0.2, -0.15) is 0 Å². The molecule has 0 unspecified atom stereocenters. The van der Waals surface area contributed by atoms with Crippen molar-refractivity contribution in [2.24, 2.45) is 10.9 Å². The fourth-order valence-electron chi connectivity index (χ4n) is 3.91. The van der Waals surface area contributed by atoms with E-state index in [0.29, 0.717) is 0 Å². The highest BCUT2D eigenvalue weighted by Gasteiger charge is 2.14. The largest absolute Gasteiger partial charge is 0.356 e. The minimum absolute atomic E-state index is 0. The van der Waals surface area contributed by atoms with Crippen molar-refractivity contribution in [3.05, 3.63) is 53.6 Å². The van der Waals surface area contributed by atoms with Crippen LogP contribution >= 0.6 is 24.0 Å². The summed E-state index contributed by atoms with van der Waals surface area (Å²) in [6.07, 6.45) is 12.2. The third kappa shape index (κ3) is 7.11. The zero-order valence-corrected chi connectivity index (χ0v) is 19.5. The van der Waals surface area contributed by atoms with Crippen molar-refractivity contribution < 1.29 is 0 Å². The molecule has 1 saturated carbocycles. The molecular weight excluding hydrogens is 461 g/mol. The molecule has 6 heteroatoms. The number of guanidine groups is 1. The third-order valence-electron chi connectivity index (χ3n) is 5.51. The smallest absolute Gasteiger partial charge is 0.191 e. The van der Waals surface area contributed by atoms with Gasteiger partial charge in [0.1, 0.15) is 5.82 Å². The van der Waals surface area contributed by atoms with E-state index in [4.69, 9.17) is 0 Å². The summed E-state index contributed by atoms with van der Waals surface area (Å²) in [5, 5.41) is 6.88. The van der Waals surface area contributed by atoms with Gasteiger partial charge in [0.25, 0.3) is 0 Å². The number of rotatable bonds is 8. The van der Waals surface area contributed by atoms with Crippen LogP contribution in [0.15, 0.2) is 41.7 Å². The number of imidazole rings is 1. The van der Waals surface area contributed by atoms with Crippen molar-refractivity contribution in [1.29, 1.82) is 0 Å². The first-order valence-electron chi connectivity index (χ1n) is 10.2. The molecule has 0 radical (unpaired) electrons. The van der Waals surface area contributed by atoms with E-state index in [2.05, 4.69) is 49.4 Å². The Morgan fingerprint density at radius 1 is 1.21 bits per heavy atom. The van der Waals surface area contributed by atoms with E-state index in [-0.39, 0.29) is 24.0 Å². The Hall–Kier alpha value is -1.57. The molecule has 0 aliphatic heterocycles. The van der Waals surface area contributed by atoms with Crippen LogP contribution in [0.4, 0.5) is 0 Å². The zero-order valence-electron chi connectivity index (χ0n) is 17.2. The normalized spacial score (nSPS) is 14.7. The van der Waals surface area contributed by atoms with Crippen LogP contribution in [0.25, 0.3) is 0 Å². The Morgan fingerprint density at radius 3 is 2.71 bits per heavy atom. The van der Waals surface area contributed by atoms with Gasteiger partial charge < -0.3 is 15.2 Å². The SMILES string of the molecule is CN=C(NCCCC1CCCC1)NCc1cccc(Cn2ccnc2C)c1.I. The van der Waals surface area contributed by atoms with Crippen LogP contribution < -0.4 is 10.6 Å². The fraction of sp³-hybridized carbons (Fsp3) is 0.545. The molecule has 2 aromatic rings. The Balaban J connectivity index is 0.00000280. The standard InChI is InChI=1S/C22H33N5.HI/c1-18-24-13-14-27(18)17-21-10-5-9-20(15-21)16-26-22(23-2)25-12-6-11-19-7-3-4-8-19;/h5,9-10,13-15,19H,3-4,6-8,11-12,16-17H2,1-2H3,(H2,23,25,26);1H. The molecule has 1 fully saturated rings. The number of hydrogen-bond acceptors (Lipinski definition) is 2. The molecule has 1 aliphatic carbocycles.